The van der Waals surface area contributed by atoms with Crippen LogP contribution in [-0.4, -0.2) is 27.6 Å². The molecule has 0 aliphatic rings. The Bertz CT molecular complexity index is 632. The zero-order valence-corrected chi connectivity index (χ0v) is 13.3. The van der Waals surface area contributed by atoms with Crippen LogP contribution < -0.4 is 10.8 Å². The van der Waals surface area contributed by atoms with Crippen molar-refractivity contribution in [2.45, 2.75) is 32.1 Å². The largest absolute Gasteiger partial charge is 0.354 e. The van der Waals surface area contributed by atoms with E-state index in [1.165, 1.54) is 30.0 Å². The fraction of sp³-hybridized carbons (Fsp3) is 0.353. The van der Waals surface area contributed by atoms with Gasteiger partial charge in [-0.15, -0.1) is 0 Å². The summed E-state index contributed by atoms with van der Waals surface area (Å²) in [5.74, 6) is -0.379. The van der Waals surface area contributed by atoms with Gasteiger partial charge >= 0.3 is 0 Å². The maximum atomic E-state index is 12.8. The number of hydrogen-bond acceptors (Lipinski definition) is 5. The van der Waals surface area contributed by atoms with Crippen molar-refractivity contribution in [2.24, 2.45) is 0 Å². The smallest absolute Gasteiger partial charge is 0.277 e. The second-order valence-corrected chi connectivity index (χ2v) is 5.45. The lowest BCUT2D eigenvalue weighted by Gasteiger charge is -2.05. The molecule has 0 saturated heterocycles. The summed E-state index contributed by atoms with van der Waals surface area (Å²) in [6.45, 7) is 0.752. The van der Waals surface area contributed by atoms with Gasteiger partial charge in [0, 0.05) is 18.9 Å². The molecular formula is C17H21FN4O2. The first-order chi connectivity index (χ1) is 11.7. The topological polar surface area (TPSA) is 87.1 Å². The minimum atomic E-state index is -0.636. The summed E-state index contributed by atoms with van der Waals surface area (Å²) < 4.78 is 12.8. The highest BCUT2D eigenvalue weighted by Crippen LogP contribution is 2.09. The number of unbranched alkanes of at least 4 members (excludes halogenated alkanes) is 3. The van der Waals surface area contributed by atoms with Crippen LogP contribution in [0, 0.1) is 5.82 Å². The minimum Gasteiger partial charge on any atom is -0.354 e. The van der Waals surface area contributed by atoms with E-state index in [0.29, 0.717) is 5.95 Å². The monoisotopic (exact) mass is 332 g/mol. The molecule has 0 atom stereocenters. The lowest BCUT2D eigenvalue weighted by Crippen LogP contribution is -2.19. The van der Waals surface area contributed by atoms with Gasteiger partial charge in [0.15, 0.2) is 0 Å². The number of anilines is 1. The lowest BCUT2D eigenvalue weighted by molar-refractivity contribution is 0.0705. The summed E-state index contributed by atoms with van der Waals surface area (Å²) in [4.78, 5) is 19.1. The van der Waals surface area contributed by atoms with Crippen LogP contribution in [0.25, 0.3) is 0 Å². The SMILES string of the molecule is O=C(NO)c1cnc(NCCCCCCc2ccc(F)cc2)nc1. The lowest BCUT2D eigenvalue weighted by atomic mass is 10.1. The molecule has 0 radical (unpaired) electrons. The summed E-state index contributed by atoms with van der Waals surface area (Å²) in [6, 6.07) is 6.65. The van der Waals surface area contributed by atoms with Crippen molar-refractivity contribution in [3.05, 3.63) is 53.6 Å². The molecule has 0 bridgehead atoms. The number of nitrogens with zero attached hydrogens (tertiary/aromatic N) is 2. The molecule has 3 N–H and O–H groups in total. The van der Waals surface area contributed by atoms with E-state index in [4.69, 9.17) is 5.21 Å². The van der Waals surface area contributed by atoms with Crippen molar-refractivity contribution in [1.29, 1.82) is 0 Å². The third-order valence-corrected chi connectivity index (χ3v) is 3.60. The first-order valence-corrected chi connectivity index (χ1v) is 7.94. The standard InChI is InChI=1S/C17H21FN4O2/c18-15-8-6-13(7-9-15)5-3-1-2-4-10-19-17-20-11-14(12-21-17)16(23)22-24/h6-9,11-12,24H,1-5,10H2,(H,22,23)(H,19,20,21). The van der Waals surface area contributed by atoms with Crippen molar-refractivity contribution >= 4 is 11.9 Å². The molecule has 1 amide bonds. The van der Waals surface area contributed by atoms with Crippen LogP contribution in [0.1, 0.15) is 41.6 Å². The highest BCUT2D eigenvalue weighted by Gasteiger charge is 2.05. The first kappa shape index (κ1) is 17.8. The van der Waals surface area contributed by atoms with Crippen LogP contribution >= 0.6 is 0 Å². The van der Waals surface area contributed by atoms with Crippen LogP contribution in [0.3, 0.4) is 0 Å². The molecule has 2 rings (SSSR count). The number of benzene rings is 1. The van der Waals surface area contributed by atoms with E-state index in [0.717, 1.165) is 44.2 Å². The number of hydrogen-bond donors (Lipinski definition) is 3. The number of carbonyl (C=O) groups excluding carboxylic acids is 1. The average molecular weight is 332 g/mol. The van der Waals surface area contributed by atoms with E-state index in [1.54, 1.807) is 0 Å². The zero-order valence-electron chi connectivity index (χ0n) is 13.3. The molecular weight excluding hydrogens is 311 g/mol. The summed E-state index contributed by atoms with van der Waals surface area (Å²) in [5.41, 5.74) is 2.89. The van der Waals surface area contributed by atoms with Crippen molar-refractivity contribution in [3.63, 3.8) is 0 Å². The van der Waals surface area contributed by atoms with Gasteiger partial charge in [0.2, 0.25) is 5.95 Å². The van der Waals surface area contributed by atoms with Crippen molar-refractivity contribution in [2.75, 3.05) is 11.9 Å². The summed E-state index contributed by atoms with van der Waals surface area (Å²) in [7, 11) is 0. The minimum absolute atomic E-state index is 0.197. The Morgan fingerprint density at radius 2 is 1.71 bits per heavy atom. The molecule has 0 saturated carbocycles. The van der Waals surface area contributed by atoms with Gasteiger partial charge in [-0.3, -0.25) is 10.0 Å². The van der Waals surface area contributed by atoms with Crippen LogP contribution in [0.4, 0.5) is 10.3 Å². The Morgan fingerprint density at radius 3 is 2.38 bits per heavy atom. The molecule has 0 spiro atoms. The molecule has 0 fully saturated rings. The van der Waals surface area contributed by atoms with E-state index in [1.807, 2.05) is 12.1 Å². The van der Waals surface area contributed by atoms with Gasteiger partial charge in [-0.1, -0.05) is 25.0 Å². The fourth-order valence-electron chi connectivity index (χ4n) is 2.26. The van der Waals surface area contributed by atoms with Crippen LogP contribution in [0.2, 0.25) is 0 Å². The molecule has 0 unspecified atom stereocenters. The predicted octanol–water partition coefficient (Wildman–Crippen LogP) is 2.95. The highest BCUT2D eigenvalue weighted by atomic mass is 19.1. The normalized spacial score (nSPS) is 10.4. The molecule has 6 nitrogen and oxygen atoms in total. The van der Waals surface area contributed by atoms with E-state index in [-0.39, 0.29) is 11.4 Å². The van der Waals surface area contributed by atoms with Crippen LogP contribution in [0.15, 0.2) is 36.7 Å². The molecule has 1 aromatic heterocycles. The number of amides is 1. The number of aromatic nitrogens is 2. The van der Waals surface area contributed by atoms with Gasteiger partial charge in [-0.25, -0.2) is 19.8 Å². The molecule has 0 aliphatic heterocycles. The van der Waals surface area contributed by atoms with E-state index in [9.17, 15) is 9.18 Å². The zero-order chi connectivity index (χ0) is 17.2. The van der Waals surface area contributed by atoms with Crippen molar-refractivity contribution in [3.8, 4) is 0 Å². The number of halogens is 1. The number of carbonyl (C=O) groups is 1. The number of aryl methyl sites for hydroxylation is 1. The Balaban J connectivity index is 1.56. The maximum absolute atomic E-state index is 12.8. The van der Waals surface area contributed by atoms with Crippen LogP contribution in [-0.2, 0) is 6.42 Å². The van der Waals surface area contributed by atoms with E-state index >= 15 is 0 Å². The Hall–Kier alpha value is -2.54. The third-order valence-electron chi connectivity index (χ3n) is 3.60. The third kappa shape index (κ3) is 5.92. The van der Waals surface area contributed by atoms with Crippen LogP contribution in [0.5, 0.6) is 0 Å². The fourth-order valence-corrected chi connectivity index (χ4v) is 2.26. The van der Waals surface area contributed by atoms with Gasteiger partial charge < -0.3 is 5.32 Å². The summed E-state index contributed by atoms with van der Waals surface area (Å²) in [5, 5.41) is 11.6. The second-order valence-electron chi connectivity index (χ2n) is 5.45. The molecule has 128 valence electrons. The van der Waals surface area contributed by atoms with Gasteiger partial charge in [-0.05, 0) is 37.0 Å². The van der Waals surface area contributed by atoms with Gasteiger partial charge in [0.25, 0.3) is 5.91 Å². The molecule has 1 heterocycles. The number of rotatable bonds is 9. The van der Waals surface area contributed by atoms with Gasteiger partial charge in [-0.2, -0.15) is 0 Å². The molecule has 7 heteroatoms. The summed E-state index contributed by atoms with van der Waals surface area (Å²) in [6.07, 6.45) is 7.92. The van der Waals surface area contributed by atoms with Crippen molar-refractivity contribution < 1.29 is 14.4 Å². The highest BCUT2D eigenvalue weighted by molar-refractivity contribution is 5.92. The number of hydroxylamine groups is 1. The van der Waals surface area contributed by atoms with Crippen molar-refractivity contribution in [1.82, 2.24) is 15.4 Å². The Kier molecular flexibility index (Phi) is 7.10. The molecule has 2 aromatic rings. The van der Waals surface area contributed by atoms with Gasteiger partial charge in [0.05, 0.1) is 5.56 Å². The molecule has 1 aromatic carbocycles. The maximum Gasteiger partial charge on any atom is 0.277 e. The quantitative estimate of drug-likeness (QED) is 0.373. The predicted molar refractivity (Wildman–Crippen MR) is 88.3 cm³/mol. The molecule has 24 heavy (non-hydrogen) atoms. The Labute approximate surface area is 140 Å². The number of nitrogens with one attached hydrogen (secondary N) is 2. The summed E-state index contributed by atoms with van der Waals surface area (Å²) >= 11 is 0. The van der Waals surface area contributed by atoms with E-state index < -0.39 is 5.91 Å². The average Bonchev–Trinajstić information content (AvgIpc) is 2.62. The molecule has 0 aliphatic carbocycles. The second kappa shape index (κ2) is 9.57. The first-order valence-electron chi connectivity index (χ1n) is 7.94. The van der Waals surface area contributed by atoms with E-state index in [2.05, 4.69) is 15.3 Å². The van der Waals surface area contributed by atoms with Gasteiger partial charge in [0.1, 0.15) is 5.82 Å². The Morgan fingerprint density at radius 1 is 1.04 bits per heavy atom.